The molecule has 30 heavy (non-hydrogen) atoms. The first-order valence-electron chi connectivity index (χ1n) is 12.2. The number of aliphatic hydroxyl groups is 2. The summed E-state index contributed by atoms with van der Waals surface area (Å²) in [5.41, 5.74) is 1.40. The molecule has 4 aliphatic rings. The first kappa shape index (κ1) is 22.0. The second-order valence-corrected chi connectivity index (χ2v) is 9.95. The minimum Gasteiger partial charge on any atom is -0.392 e. The summed E-state index contributed by atoms with van der Waals surface area (Å²) >= 11 is 0. The molecule has 168 valence electrons. The minimum absolute atomic E-state index is 0.116. The van der Waals surface area contributed by atoms with Crippen LogP contribution in [0.3, 0.4) is 0 Å². The number of likely N-dealkylation sites (tertiary alicyclic amines) is 1. The fourth-order valence-corrected chi connectivity index (χ4v) is 6.20. The van der Waals surface area contributed by atoms with E-state index in [1.807, 2.05) is 11.0 Å². The second-order valence-electron chi connectivity index (χ2n) is 9.95. The quantitative estimate of drug-likeness (QED) is 0.492. The summed E-state index contributed by atoms with van der Waals surface area (Å²) in [7, 11) is 0. The molecule has 5 nitrogen and oxygen atoms in total. The van der Waals surface area contributed by atoms with Crippen molar-refractivity contribution in [2.75, 3.05) is 26.3 Å². The third-order valence-corrected chi connectivity index (χ3v) is 7.95. The van der Waals surface area contributed by atoms with Crippen molar-refractivity contribution in [3.63, 3.8) is 0 Å². The number of carbonyl (C=O) groups excluding carboxylic acids is 1. The highest BCUT2D eigenvalue weighted by molar-refractivity contribution is 5.77. The lowest BCUT2D eigenvalue weighted by Gasteiger charge is -2.26. The average Bonchev–Trinajstić information content (AvgIpc) is 3.47. The van der Waals surface area contributed by atoms with Crippen LogP contribution in [0.5, 0.6) is 0 Å². The zero-order chi connectivity index (χ0) is 20.9. The van der Waals surface area contributed by atoms with Gasteiger partial charge in [0.15, 0.2) is 0 Å². The van der Waals surface area contributed by atoms with Gasteiger partial charge >= 0.3 is 0 Å². The van der Waals surface area contributed by atoms with Crippen molar-refractivity contribution >= 4 is 5.91 Å². The average molecular weight is 418 g/mol. The SMILES string of the molecule is O=C(COCC=C1C[C@H]2C[C@@H](O)[C@H](/C=C/[C@H](O)C3CCCC3)[C@H]2C1)N1CCCCC1. The van der Waals surface area contributed by atoms with E-state index in [9.17, 15) is 15.0 Å². The lowest BCUT2D eigenvalue weighted by Crippen LogP contribution is -2.38. The number of amides is 1. The summed E-state index contributed by atoms with van der Waals surface area (Å²) in [4.78, 5) is 14.1. The number of allylic oxidation sites excluding steroid dienone is 1. The third kappa shape index (κ3) is 5.35. The van der Waals surface area contributed by atoms with Crippen LogP contribution in [0.1, 0.15) is 64.2 Å². The Labute approximate surface area is 181 Å². The van der Waals surface area contributed by atoms with Gasteiger partial charge < -0.3 is 19.8 Å². The van der Waals surface area contributed by atoms with Crippen LogP contribution in [-0.4, -0.2) is 59.5 Å². The summed E-state index contributed by atoms with van der Waals surface area (Å²) < 4.78 is 5.65. The maximum Gasteiger partial charge on any atom is 0.248 e. The third-order valence-electron chi connectivity index (χ3n) is 7.95. The molecule has 1 saturated heterocycles. The maximum absolute atomic E-state index is 12.2. The topological polar surface area (TPSA) is 70.0 Å². The number of aliphatic hydroxyl groups excluding tert-OH is 2. The number of hydrogen-bond acceptors (Lipinski definition) is 4. The normalized spacial score (nSPS) is 34.9. The first-order chi connectivity index (χ1) is 14.6. The molecule has 4 fully saturated rings. The number of hydrogen-bond donors (Lipinski definition) is 2. The van der Waals surface area contributed by atoms with Gasteiger partial charge in [-0.05, 0) is 69.1 Å². The molecule has 0 aromatic carbocycles. The van der Waals surface area contributed by atoms with Crippen LogP contribution in [-0.2, 0) is 9.53 Å². The van der Waals surface area contributed by atoms with Crippen molar-refractivity contribution in [1.29, 1.82) is 0 Å². The van der Waals surface area contributed by atoms with Crippen LogP contribution in [0.4, 0.5) is 0 Å². The molecular weight excluding hydrogens is 378 g/mol. The van der Waals surface area contributed by atoms with E-state index in [1.54, 1.807) is 0 Å². The molecule has 5 atom stereocenters. The van der Waals surface area contributed by atoms with Gasteiger partial charge in [0, 0.05) is 19.0 Å². The van der Waals surface area contributed by atoms with Gasteiger partial charge in [-0.2, -0.15) is 0 Å². The highest BCUT2D eigenvalue weighted by Crippen LogP contribution is 2.50. The number of rotatable bonds is 7. The molecule has 1 heterocycles. The minimum atomic E-state index is -0.360. The van der Waals surface area contributed by atoms with Crippen LogP contribution in [0.15, 0.2) is 23.8 Å². The fraction of sp³-hybridized carbons (Fsp3) is 0.800. The van der Waals surface area contributed by atoms with Gasteiger partial charge in [-0.15, -0.1) is 0 Å². The van der Waals surface area contributed by atoms with Gasteiger partial charge in [0.2, 0.25) is 5.91 Å². The number of ether oxygens (including phenoxy) is 1. The summed E-state index contributed by atoms with van der Waals surface area (Å²) in [6, 6.07) is 0. The smallest absolute Gasteiger partial charge is 0.248 e. The van der Waals surface area contributed by atoms with Gasteiger partial charge in [0.25, 0.3) is 0 Å². The van der Waals surface area contributed by atoms with Crippen LogP contribution in [0.2, 0.25) is 0 Å². The molecule has 2 N–H and O–H groups in total. The first-order valence-corrected chi connectivity index (χ1v) is 12.2. The molecule has 0 radical (unpaired) electrons. The summed E-state index contributed by atoms with van der Waals surface area (Å²) in [5.74, 6) is 1.66. The van der Waals surface area contributed by atoms with E-state index in [4.69, 9.17) is 4.74 Å². The Morgan fingerprint density at radius 2 is 1.90 bits per heavy atom. The Balaban J connectivity index is 1.22. The summed E-state index contributed by atoms with van der Waals surface area (Å²) in [6.45, 7) is 2.43. The standard InChI is InChI=1S/C25H39NO4/c27-23(19-6-2-3-7-19)9-8-21-22-15-18(14-20(22)16-24(21)28)10-13-30-17-25(29)26-11-4-1-5-12-26/h8-10,19-24,27-28H,1-7,11-17H2/b9-8+,18-10?/t20-,21+,22-,23-,24+/m0/s1. The Hall–Kier alpha value is -1.17. The largest absolute Gasteiger partial charge is 0.392 e. The summed E-state index contributed by atoms with van der Waals surface area (Å²) in [6.07, 6.45) is 16.6. The second kappa shape index (κ2) is 10.4. The highest BCUT2D eigenvalue weighted by atomic mass is 16.5. The van der Waals surface area contributed by atoms with E-state index >= 15 is 0 Å². The highest BCUT2D eigenvalue weighted by Gasteiger charge is 2.45. The molecule has 0 bridgehead atoms. The molecule has 0 aromatic rings. The van der Waals surface area contributed by atoms with Gasteiger partial charge in [-0.1, -0.05) is 36.6 Å². The van der Waals surface area contributed by atoms with Crippen LogP contribution in [0, 0.1) is 23.7 Å². The zero-order valence-corrected chi connectivity index (χ0v) is 18.3. The Morgan fingerprint density at radius 1 is 1.13 bits per heavy atom. The lowest BCUT2D eigenvalue weighted by molar-refractivity contribution is -0.136. The predicted molar refractivity (Wildman–Crippen MR) is 117 cm³/mol. The Kier molecular flexibility index (Phi) is 7.66. The number of fused-ring (bicyclic) bond motifs is 1. The van der Waals surface area contributed by atoms with Crippen LogP contribution < -0.4 is 0 Å². The number of carbonyl (C=O) groups is 1. The van der Waals surface area contributed by atoms with Gasteiger partial charge in [0.1, 0.15) is 6.61 Å². The Morgan fingerprint density at radius 3 is 2.67 bits per heavy atom. The number of nitrogens with zero attached hydrogens (tertiary/aromatic N) is 1. The molecule has 1 amide bonds. The van der Waals surface area contributed by atoms with E-state index in [1.165, 1.54) is 24.8 Å². The molecule has 0 unspecified atom stereocenters. The van der Waals surface area contributed by atoms with E-state index in [0.29, 0.717) is 24.4 Å². The van der Waals surface area contributed by atoms with Gasteiger partial charge in [-0.3, -0.25) is 4.79 Å². The van der Waals surface area contributed by atoms with Gasteiger partial charge in [-0.25, -0.2) is 0 Å². The summed E-state index contributed by atoms with van der Waals surface area (Å²) in [5, 5.41) is 21.0. The van der Waals surface area contributed by atoms with E-state index < -0.39 is 0 Å². The van der Waals surface area contributed by atoms with Crippen molar-refractivity contribution < 1.29 is 19.7 Å². The molecule has 4 rings (SSSR count). The van der Waals surface area contributed by atoms with Crippen LogP contribution >= 0.6 is 0 Å². The zero-order valence-electron chi connectivity index (χ0n) is 18.3. The molecule has 1 aliphatic heterocycles. The molecular formula is C25H39NO4. The van der Waals surface area contributed by atoms with Crippen molar-refractivity contribution in [3.8, 4) is 0 Å². The van der Waals surface area contributed by atoms with E-state index in [0.717, 1.165) is 58.0 Å². The number of piperidine rings is 1. The van der Waals surface area contributed by atoms with Gasteiger partial charge in [0.05, 0.1) is 18.8 Å². The molecule has 0 spiro atoms. The van der Waals surface area contributed by atoms with Crippen molar-refractivity contribution in [3.05, 3.63) is 23.8 Å². The van der Waals surface area contributed by atoms with Crippen molar-refractivity contribution in [2.45, 2.75) is 76.4 Å². The fourth-order valence-electron chi connectivity index (χ4n) is 6.20. The lowest BCUT2D eigenvalue weighted by atomic mass is 9.89. The molecule has 3 saturated carbocycles. The Bertz CT molecular complexity index is 633. The maximum atomic E-state index is 12.2. The van der Waals surface area contributed by atoms with Crippen LogP contribution in [0.25, 0.3) is 0 Å². The van der Waals surface area contributed by atoms with E-state index in [-0.39, 0.29) is 30.6 Å². The van der Waals surface area contributed by atoms with E-state index in [2.05, 4.69) is 12.2 Å². The molecule has 3 aliphatic carbocycles. The predicted octanol–water partition coefficient (Wildman–Crippen LogP) is 3.46. The molecule has 0 aromatic heterocycles. The van der Waals surface area contributed by atoms with Crippen molar-refractivity contribution in [2.24, 2.45) is 23.7 Å². The monoisotopic (exact) mass is 417 g/mol. The van der Waals surface area contributed by atoms with Crippen molar-refractivity contribution in [1.82, 2.24) is 4.90 Å². The molecule has 5 heteroatoms.